The fraction of sp³-hybridized carbons (Fsp3) is 0.0667. The zero-order valence-corrected chi connectivity index (χ0v) is 11.0. The minimum Gasteiger partial charge on any atom is -0.493 e. The Hall–Kier alpha value is -3.02. The van der Waals surface area contributed by atoms with Crippen molar-refractivity contribution in [1.29, 1.82) is 0 Å². The summed E-state index contributed by atoms with van der Waals surface area (Å²) in [5.41, 5.74) is -0.929. The fourth-order valence-corrected chi connectivity index (χ4v) is 2.13. The van der Waals surface area contributed by atoms with E-state index < -0.39 is 17.0 Å². The summed E-state index contributed by atoms with van der Waals surface area (Å²) in [6, 6.07) is 7.80. The van der Waals surface area contributed by atoms with Crippen LogP contribution in [0, 0.1) is 0 Å². The SMILES string of the molecule is COc1cccc2c(=O)c(C(=O)O)c(-c3ccco3)oc12. The van der Waals surface area contributed by atoms with Gasteiger partial charge in [0.1, 0.15) is 0 Å². The van der Waals surface area contributed by atoms with E-state index in [4.69, 9.17) is 13.6 Å². The van der Waals surface area contributed by atoms with Crippen molar-refractivity contribution in [2.45, 2.75) is 0 Å². The molecule has 1 N–H and O–H groups in total. The number of carbonyl (C=O) groups is 1. The van der Waals surface area contributed by atoms with Crippen molar-refractivity contribution in [1.82, 2.24) is 0 Å². The Labute approximate surface area is 118 Å². The summed E-state index contributed by atoms with van der Waals surface area (Å²) in [5.74, 6) is -0.999. The maximum atomic E-state index is 12.4. The second-order valence-electron chi connectivity index (χ2n) is 4.25. The van der Waals surface area contributed by atoms with Crippen LogP contribution in [-0.4, -0.2) is 18.2 Å². The number of hydrogen-bond acceptors (Lipinski definition) is 5. The minimum absolute atomic E-state index is 0.130. The molecule has 21 heavy (non-hydrogen) atoms. The molecule has 0 atom stereocenters. The van der Waals surface area contributed by atoms with Gasteiger partial charge in [-0.15, -0.1) is 0 Å². The Morgan fingerprint density at radius 1 is 1.24 bits per heavy atom. The zero-order valence-electron chi connectivity index (χ0n) is 11.0. The molecule has 3 aromatic rings. The van der Waals surface area contributed by atoms with E-state index in [1.165, 1.54) is 25.5 Å². The normalized spacial score (nSPS) is 10.7. The molecule has 0 aliphatic carbocycles. The highest BCUT2D eigenvalue weighted by molar-refractivity contribution is 5.98. The molecular formula is C15H10O6. The molecule has 106 valence electrons. The van der Waals surface area contributed by atoms with Gasteiger partial charge in [-0.3, -0.25) is 4.79 Å². The number of ether oxygens (including phenoxy) is 1. The first-order valence-electron chi connectivity index (χ1n) is 6.04. The fourth-order valence-electron chi connectivity index (χ4n) is 2.13. The van der Waals surface area contributed by atoms with E-state index in [0.29, 0.717) is 5.75 Å². The lowest BCUT2D eigenvalue weighted by Crippen LogP contribution is -2.16. The van der Waals surface area contributed by atoms with E-state index in [2.05, 4.69) is 0 Å². The first-order valence-corrected chi connectivity index (χ1v) is 6.04. The van der Waals surface area contributed by atoms with Crippen LogP contribution in [0.15, 0.2) is 50.2 Å². The molecule has 6 heteroatoms. The van der Waals surface area contributed by atoms with Crippen LogP contribution in [-0.2, 0) is 0 Å². The number of methoxy groups -OCH3 is 1. The Morgan fingerprint density at radius 3 is 2.67 bits per heavy atom. The maximum absolute atomic E-state index is 12.4. The molecule has 6 nitrogen and oxygen atoms in total. The Balaban J connectivity index is 2.48. The molecule has 0 amide bonds. The Morgan fingerprint density at radius 2 is 2.05 bits per heavy atom. The number of aromatic carboxylic acids is 1. The van der Waals surface area contributed by atoms with Gasteiger partial charge in [-0.1, -0.05) is 6.07 Å². The van der Waals surface area contributed by atoms with Crippen LogP contribution in [0.5, 0.6) is 5.75 Å². The number of rotatable bonds is 3. The predicted molar refractivity (Wildman–Crippen MR) is 73.7 cm³/mol. The summed E-state index contributed by atoms with van der Waals surface area (Å²) in [7, 11) is 1.44. The smallest absolute Gasteiger partial charge is 0.343 e. The number of furan rings is 1. The highest BCUT2D eigenvalue weighted by Crippen LogP contribution is 2.30. The third kappa shape index (κ3) is 1.97. The van der Waals surface area contributed by atoms with Crippen LogP contribution < -0.4 is 10.2 Å². The lowest BCUT2D eigenvalue weighted by atomic mass is 10.1. The molecule has 0 unspecified atom stereocenters. The van der Waals surface area contributed by atoms with E-state index >= 15 is 0 Å². The van der Waals surface area contributed by atoms with Gasteiger partial charge in [0.25, 0.3) is 0 Å². The summed E-state index contributed by atoms with van der Waals surface area (Å²) in [4.78, 5) is 23.8. The number of carboxylic acid groups (broad SMARTS) is 1. The third-order valence-corrected chi connectivity index (χ3v) is 3.06. The van der Waals surface area contributed by atoms with Gasteiger partial charge in [0.2, 0.25) is 5.43 Å². The van der Waals surface area contributed by atoms with Crippen LogP contribution in [0.4, 0.5) is 0 Å². The van der Waals surface area contributed by atoms with Gasteiger partial charge in [0, 0.05) is 0 Å². The van der Waals surface area contributed by atoms with Crippen molar-refractivity contribution in [3.05, 3.63) is 52.4 Å². The van der Waals surface area contributed by atoms with Crippen molar-refractivity contribution in [2.75, 3.05) is 7.11 Å². The average molecular weight is 286 g/mol. The molecule has 0 saturated carbocycles. The molecular weight excluding hydrogens is 276 g/mol. The van der Waals surface area contributed by atoms with Gasteiger partial charge in [-0.25, -0.2) is 4.79 Å². The van der Waals surface area contributed by atoms with Gasteiger partial charge < -0.3 is 18.7 Å². The molecule has 0 aliphatic heterocycles. The first kappa shape index (κ1) is 13.0. The number of hydrogen-bond donors (Lipinski definition) is 1. The highest BCUT2D eigenvalue weighted by atomic mass is 16.5. The molecule has 2 heterocycles. The van der Waals surface area contributed by atoms with E-state index in [1.807, 2.05) is 0 Å². The summed E-state index contributed by atoms with van der Waals surface area (Å²) in [6.07, 6.45) is 1.37. The van der Waals surface area contributed by atoms with Gasteiger partial charge in [0.15, 0.2) is 28.4 Å². The third-order valence-electron chi connectivity index (χ3n) is 3.06. The maximum Gasteiger partial charge on any atom is 0.343 e. The standard InChI is InChI=1S/C15H10O6/c1-19-9-5-2-4-8-12(16)11(15(17)18)14(21-13(8)9)10-6-3-7-20-10/h2-7H,1H3,(H,17,18). The Kier molecular flexibility index (Phi) is 2.98. The molecule has 0 radical (unpaired) electrons. The minimum atomic E-state index is -1.38. The van der Waals surface area contributed by atoms with Crippen LogP contribution in [0.1, 0.15) is 10.4 Å². The molecule has 0 aliphatic rings. The molecule has 1 aromatic carbocycles. The average Bonchev–Trinajstić information content (AvgIpc) is 3.00. The summed E-state index contributed by atoms with van der Waals surface area (Å²) >= 11 is 0. The van der Waals surface area contributed by atoms with Gasteiger partial charge in [-0.2, -0.15) is 0 Å². The van der Waals surface area contributed by atoms with Crippen molar-refractivity contribution in [3.63, 3.8) is 0 Å². The lowest BCUT2D eigenvalue weighted by molar-refractivity contribution is 0.0694. The second kappa shape index (κ2) is 4.82. The molecule has 0 bridgehead atoms. The van der Waals surface area contributed by atoms with Gasteiger partial charge in [0.05, 0.1) is 18.8 Å². The number of fused-ring (bicyclic) bond motifs is 1. The monoisotopic (exact) mass is 286 g/mol. The zero-order chi connectivity index (χ0) is 15.0. The van der Waals surface area contributed by atoms with Crippen LogP contribution in [0.2, 0.25) is 0 Å². The summed E-state index contributed by atoms with van der Waals surface area (Å²) < 4.78 is 15.9. The predicted octanol–water partition coefficient (Wildman–Crippen LogP) is 2.76. The number of para-hydroxylation sites is 1. The van der Waals surface area contributed by atoms with E-state index in [9.17, 15) is 14.7 Å². The molecule has 3 rings (SSSR count). The highest BCUT2D eigenvalue weighted by Gasteiger charge is 2.24. The van der Waals surface area contributed by atoms with Crippen LogP contribution in [0.3, 0.4) is 0 Å². The Bertz CT molecular complexity index is 873. The molecule has 0 fully saturated rings. The first-order chi connectivity index (χ1) is 10.1. The van der Waals surface area contributed by atoms with E-state index in [-0.39, 0.29) is 22.5 Å². The lowest BCUT2D eigenvalue weighted by Gasteiger charge is -2.08. The van der Waals surface area contributed by atoms with Crippen molar-refractivity contribution in [2.24, 2.45) is 0 Å². The van der Waals surface area contributed by atoms with Gasteiger partial charge >= 0.3 is 5.97 Å². The van der Waals surface area contributed by atoms with Crippen LogP contribution >= 0.6 is 0 Å². The van der Waals surface area contributed by atoms with Crippen molar-refractivity contribution >= 4 is 16.9 Å². The molecule has 0 saturated heterocycles. The molecule has 2 aromatic heterocycles. The number of carboxylic acids is 1. The summed E-state index contributed by atoms with van der Waals surface area (Å²) in [6.45, 7) is 0. The van der Waals surface area contributed by atoms with Crippen LogP contribution in [0.25, 0.3) is 22.5 Å². The molecule has 0 spiro atoms. The second-order valence-corrected chi connectivity index (χ2v) is 4.25. The number of benzene rings is 1. The summed E-state index contributed by atoms with van der Waals surface area (Å²) in [5, 5.41) is 9.44. The van der Waals surface area contributed by atoms with E-state index in [1.54, 1.807) is 18.2 Å². The topological polar surface area (TPSA) is 89.9 Å². The quantitative estimate of drug-likeness (QED) is 0.796. The van der Waals surface area contributed by atoms with Gasteiger partial charge in [-0.05, 0) is 24.3 Å². The van der Waals surface area contributed by atoms with E-state index in [0.717, 1.165) is 0 Å². The van der Waals surface area contributed by atoms with Crippen molar-refractivity contribution in [3.8, 4) is 17.3 Å². The largest absolute Gasteiger partial charge is 0.493 e. The van der Waals surface area contributed by atoms with Crippen molar-refractivity contribution < 1.29 is 23.5 Å².